The first-order valence-electron chi connectivity index (χ1n) is 8.26. The number of nitro groups is 1. The van der Waals surface area contributed by atoms with Crippen molar-refractivity contribution < 1.29 is 29.2 Å². The summed E-state index contributed by atoms with van der Waals surface area (Å²) < 4.78 is 4.90. The lowest BCUT2D eigenvalue weighted by atomic mass is 10.1. The number of ether oxygens (including phenoxy) is 1. The molecule has 0 atom stereocenters. The first-order chi connectivity index (χ1) is 13.7. The fourth-order valence-electron chi connectivity index (χ4n) is 2.74. The molecule has 0 saturated carbocycles. The van der Waals surface area contributed by atoms with Crippen molar-refractivity contribution in [1.29, 1.82) is 0 Å². The number of carbonyl (C=O) groups excluding carboxylic acids is 3. The zero-order valence-electron chi connectivity index (χ0n) is 15.3. The Hall–Kier alpha value is -4.21. The predicted octanol–water partition coefficient (Wildman–Crippen LogP) is 2.28. The maximum absolute atomic E-state index is 12.8. The van der Waals surface area contributed by atoms with Gasteiger partial charge in [0, 0.05) is 6.07 Å². The molecule has 1 aliphatic rings. The molecule has 29 heavy (non-hydrogen) atoms. The Morgan fingerprint density at radius 1 is 1.17 bits per heavy atom. The molecule has 1 heterocycles. The number of aromatic hydroxyl groups is 1. The van der Waals surface area contributed by atoms with Crippen LogP contribution in [-0.4, -0.2) is 35.0 Å². The average Bonchev–Trinajstić information content (AvgIpc) is 2.67. The zero-order valence-corrected chi connectivity index (χ0v) is 15.3. The number of nitrogens with zero attached hydrogens (tertiary/aromatic N) is 2. The summed E-state index contributed by atoms with van der Waals surface area (Å²) in [5.74, 6) is -2.73. The molecule has 0 bridgehead atoms. The number of benzene rings is 2. The summed E-state index contributed by atoms with van der Waals surface area (Å²) in [4.78, 5) is 48.4. The lowest BCUT2D eigenvalue weighted by Gasteiger charge is -2.26. The van der Waals surface area contributed by atoms with E-state index in [-0.39, 0.29) is 17.0 Å². The van der Waals surface area contributed by atoms with Crippen molar-refractivity contribution >= 4 is 35.3 Å². The SMILES string of the molecule is COc1cc(C=C2C(=O)NC(=O)N(c3ccc(C)cc3)C2=O)cc([N+](=O)[O-])c1O. The first kappa shape index (κ1) is 19.5. The number of nitrogens with one attached hydrogen (secondary N) is 1. The molecule has 2 aromatic carbocycles. The molecule has 10 heteroatoms. The minimum Gasteiger partial charge on any atom is -0.500 e. The van der Waals surface area contributed by atoms with Crippen LogP contribution in [0, 0.1) is 17.0 Å². The summed E-state index contributed by atoms with van der Waals surface area (Å²) in [7, 11) is 1.20. The van der Waals surface area contributed by atoms with Gasteiger partial charge in [-0.1, -0.05) is 17.7 Å². The molecule has 1 aliphatic heterocycles. The van der Waals surface area contributed by atoms with Gasteiger partial charge in [0.2, 0.25) is 5.75 Å². The van der Waals surface area contributed by atoms with Crippen molar-refractivity contribution in [1.82, 2.24) is 5.32 Å². The van der Waals surface area contributed by atoms with Crippen molar-refractivity contribution in [2.24, 2.45) is 0 Å². The van der Waals surface area contributed by atoms with E-state index < -0.39 is 39.8 Å². The van der Waals surface area contributed by atoms with Crippen LogP contribution in [0.2, 0.25) is 0 Å². The molecule has 2 N–H and O–H groups in total. The second-order valence-corrected chi connectivity index (χ2v) is 6.14. The Morgan fingerprint density at radius 3 is 2.41 bits per heavy atom. The van der Waals surface area contributed by atoms with Crippen LogP contribution in [0.4, 0.5) is 16.2 Å². The normalized spacial score (nSPS) is 15.4. The molecular weight excluding hydrogens is 382 g/mol. The predicted molar refractivity (Wildman–Crippen MR) is 101 cm³/mol. The molecule has 1 fully saturated rings. The number of hydrogen-bond acceptors (Lipinski definition) is 7. The maximum atomic E-state index is 12.8. The Balaban J connectivity index is 2.08. The number of hydrogen-bond donors (Lipinski definition) is 2. The van der Waals surface area contributed by atoms with Crippen LogP contribution >= 0.6 is 0 Å². The number of imide groups is 2. The molecule has 1 saturated heterocycles. The standard InChI is InChI=1S/C19H15N3O7/c1-10-3-5-12(6-4-10)21-18(25)13(17(24)20-19(21)26)7-11-8-14(22(27)28)16(23)15(9-11)29-2/h3-9,23H,1-2H3,(H,20,24,26). The molecule has 4 amide bonds. The minimum atomic E-state index is -0.946. The number of rotatable bonds is 4. The molecule has 2 aromatic rings. The summed E-state index contributed by atoms with van der Waals surface area (Å²) in [6.07, 6.45) is 1.08. The number of amides is 4. The third-order valence-corrected chi connectivity index (χ3v) is 4.20. The number of anilines is 1. The highest BCUT2D eigenvalue weighted by Crippen LogP contribution is 2.37. The van der Waals surface area contributed by atoms with E-state index in [1.54, 1.807) is 24.3 Å². The van der Waals surface area contributed by atoms with Crippen LogP contribution < -0.4 is 15.0 Å². The topological polar surface area (TPSA) is 139 Å². The Morgan fingerprint density at radius 2 is 1.83 bits per heavy atom. The molecule has 0 unspecified atom stereocenters. The molecule has 148 valence electrons. The molecule has 0 aromatic heterocycles. The number of phenols is 1. The van der Waals surface area contributed by atoms with Gasteiger partial charge in [-0.3, -0.25) is 25.0 Å². The molecular formula is C19H15N3O7. The van der Waals surface area contributed by atoms with Gasteiger partial charge in [0.1, 0.15) is 5.57 Å². The highest BCUT2D eigenvalue weighted by atomic mass is 16.6. The average molecular weight is 397 g/mol. The lowest BCUT2D eigenvalue weighted by Crippen LogP contribution is -2.54. The maximum Gasteiger partial charge on any atom is 0.335 e. The van der Waals surface area contributed by atoms with Crippen molar-refractivity contribution in [3.63, 3.8) is 0 Å². The number of aryl methyl sites for hydroxylation is 1. The third kappa shape index (κ3) is 3.63. The molecule has 10 nitrogen and oxygen atoms in total. The van der Waals surface area contributed by atoms with Gasteiger partial charge < -0.3 is 9.84 Å². The van der Waals surface area contributed by atoms with Gasteiger partial charge in [-0.15, -0.1) is 0 Å². The number of barbiturate groups is 1. The second-order valence-electron chi connectivity index (χ2n) is 6.14. The van der Waals surface area contributed by atoms with Crippen LogP contribution in [0.3, 0.4) is 0 Å². The highest BCUT2D eigenvalue weighted by molar-refractivity contribution is 6.39. The lowest BCUT2D eigenvalue weighted by molar-refractivity contribution is -0.386. The first-order valence-corrected chi connectivity index (χ1v) is 8.26. The number of methoxy groups -OCH3 is 1. The van der Waals surface area contributed by atoms with Crippen LogP contribution in [0.1, 0.15) is 11.1 Å². The minimum absolute atomic E-state index is 0.0584. The fourth-order valence-corrected chi connectivity index (χ4v) is 2.74. The summed E-state index contributed by atoms with van der Waals surface area (Å²) in [6.45, 7) is 1.84. The van der Waals surface area contributed by atoms with Crippen LogP contribution in [0.25, 0.3) is 6.08 Å². The summed E-state index contributed by atoms with van der Waals surface area (Å²) in [6, 6.07) is 7.80. The van der Waals surface area contributed by atoms with Gasteiger partial charge in [-0.25, -0.2) is 9.69 Å². The fraction of sp³-hybridized carbons (Fsp3) is 0.105. The van der Waals surface area contributed by atoms with E-state index in [0.29, 0.717) is 0 Å². The van der Waals surface area contributed by atoms with Crippen molar-refractivity contribution in [2.75, 3.05) is 12.0 Å². The summed E-state index contributed by atoms with van der Waals surface area (Å²) in [5, 5.41) is 23.1. The number of nitro benzene ring substituents is 1. The van der Waals surface area contributed by atoms with Gasteiger partial charge >= 0.3 is 11.7 Å². The zero-order chi connectivity index (χ0) is 21.3. The van der Waals surface area contributed by atoms with Gasteiger partial charge in [0.15, 0.2) is 5.75 Å². The number of urea groups is 1. The van der Waals surface area contributed by atoms with Crippen molar-refractivity contribution in [3.05, 3.63) is 63.2 Å². The van der Waals surface area contributed by atoms with Crippen LogP contribution in [0.15, 0.2) is 42.0 Å². The highest BCUT2D eigenvalue weighted by Gasteiger charge is 2.37. The molecule has 0 aliphatic carbocycles. The van der Waals surface area contributed by atoms with E-state index in [1.165, 1.54) is 13.2 Å². The molecule has 0 spiro atoms. The monoisotopic (exact) mass is 397 g/mol. The summed E-state index contributed by atoms with van der Waals surface area (Å²) in [5.41, 5.74) is 0.154. The quantitative estimate of drug-likeness (QED) is 0.349. The third-order valence-electron chi connectivity index (χ3n) is 4.20. The van der Waals surface area contributed by atoms with E-state index in [4.69, 9.17) is 4.74 Å². The largest absolute Gasteiger partial charge is 0.500 e. The van der Waals surface area contributed by atoms with Gasteiger partial charge in [-0.2, -0.15) is 0 Å². The second kappa shape index (κ2) is 7.43. The van der Waals surface area contributed by atoms with Crippen molar-refractivity contribution in [2.45, 2.75) is 6.92 Å². The molecule has 3 rings (SSSR count). The smallest absolute Gasteiger partial charge is 0.335 e. The van der Waals surface area contributed by atoms with E-state index in [1.807, 2.05) is 6.92 Å². The van der Waals surface area contributed by atoms with E-state index in [2.05, 4.69) is 5.32 Å². The van der Waals surface area contributed by atoms with E-state index in [9.17, 15) is 29.6 Å². The Labute approximate surface area is 164 Å². The van der Waals surface area contributed by atoms with Crippen LogP contribution in [-0.2, 0) is 9.59 Å². The Bertz CT molecular complexity index is 1070. The molecule has 0 radical (unpaired) electrons. The Kier molecular flexibility index (Phi) is 5.01. The summed E-state index contributed by atoms with van der Waals surface area (Å²) >= 11 is 0. The van der Waals surface area contributed by atoms with Crippen LogP contribution in [0.5, 0.6) is 11.5 Å². The van der Waals surface area contributed by atoms with E-state index >= 15 is 0 Å². The number of phenolic OH excluding ortho intramolecular Hbond substituents is 1. The van der Waals surface area contributed by atoms with Gasteiger partial charge in [-0.05, 0) is 36.8 Å². The van der Waals surface area contributed by atoms with E-state index in [0.717, 1.165) is 22.6 Å². The number of carbonyl (C=O) groups is 3. The van der Waals surface area contributed by atoms with Gasteiger partial charge in [0.05, 0.1) is 17.7 Å². The van der Waals surface area contributed by atoms with Crippen molar-refractivity contribution in [3.8, 4) is 11.5 Å². The van der Waals surface area contributed by atoms with Gasteiger partial charge in [0.25, 0.3) is 11.8 Å².